The van der Waals surface area contributed by atoms with Gasteiger partial charge in [-0.25, -0.2) is 0 Å². The molecule has 5 rings (SSSR count). The first-order chi connectivity index (χ1) is 19.1. The van der Waals surface area contributed by atoms with E-state index in [0.717, 1.165) is 12.3 Å². The lowest BCUT2D eigenvalue weighted by atomic mass is 9.87. The summed E-state index contributed by atoms with van der Waals surface area (Å²) in [6.07, 6.45) is 11.8. The van der Waals surface area contributed by atoms with Crippen molar-refractivity contribution in [2.75, 3.05) is 39.0 Å². The van der Waals surface area contributed by atoms with Crippen LogP contribution in [0, 0.1) is 5.41 Å². The maximum Gasteiger partial charge on any atom is 0.148 e. The highest BCUT2D eigenvalue weighted by Gasteiger charge is 2.40. The summed E-state index contributed by atoms with van der Waals surface area (Å²) < 4.78 is 6.06. The number of hydrogen-bond acceptors (Lipinski definition) is 9. The van der Waals surface area contributed by atoms with E-state index in [-0.39, 0.29) is 11.3 Å². The molecule has 2 aromatic rings. The molecule has 0 saturated carbocycles. The van der Waals surface area contributed by atoms with Crippen molar-refractivity contribution in [1.29, 1.82) is 5.41 Å². The molecule has 0 amide bonds. The van der Waals surface area contributed by atoms with Crippen LogP contribution in [0.1, 0.15) is 43.4 Å². The molecular formula is C29H38Cl2N8O. The van der Waals surface area contributed by atoms with Crippen LogP contribution < -0.4 is 21.6 Å². The number of halogens is 2. The number of rotatable bonds is 7. The zero-order valence-electron chi connectivity index (χ0n) is 23.0. The minimum atomic E-state index is -0.431. The number of nitrogen functional groups attached to an aromatic ring is 1. The van der Waals surface area contributed by atoms with Crippen molar-refractivity contribution < 1.29 is 4.74 Å². The Morgan fingerprint density at radius 3 is 2.50 bits per heavy atom. The molecule has 40 heavy (non-hydrogen) atoms. The Hall–Kier alpha value is -3.11. The number of hydrazone groups is 1. The highest BCUT2D eigenvalue weighted by molar-refractivity contribution is 6.35. The smallest absolute Gasteiger partial charge is 0.148 e. The maximum atomic E-state index is 8.71. The normalized spacial score (nSPS) is 20.4. The largest absolute Gasteiger partial charge is 0.486 e. The van der Waals surface area contributed by atoms with Crippen LogP contribution in [0.5, 0.6) is 5.75 Å². The predicted octanol–water partition coefficient (Wildman–Crippen LogP) is 4.62. The number of hydrogen-bond donors (Lipinski definition) is 4. The van der Waals surface area contributed by atoms with Gasteiger partial charge >= 0.3 is 0 Å². The fourth-order valence-electron chi connectivity index (χ4n) is 4.99. The Morgan fingerprint density at radius 2 is 1.95 bits per heavy atom. The van der Waals surface area contributed by atoms with Gasteiger partial charge in [-0.1, -0.05) is 35.4 Å². The molecule has 1 unspecified atom stereocenters. The third kappa shape index (κ3) is 7.14. The Bertz CT molecular complexity index is 1260. The molecule has 6 N–H and O–H groups in total. The van der Waals surface area contributed by atoms with Gasteiger partial charge in [-0.3, -0.25) is 10.4 Å². The molecule has 2 atom stereocenters. The van der Waals surface area contributed by atoms with Crippen LogP contribution in [0.15, 0.2) is 60.5 Å². The third-order valence-electron chi connectivity index (χ3n) is 7.21. The highest BCUT2D eigenvalue weighted by atomic mass is 35.5. The second-order valence-electron chi connectivity index (χ2n) is 10.6. The standard InChI is InChI=1S/C24H27Cl2N7O.C5H11N/c1-3-8-24(29)12-33(13-24)21-7-6-20(31-32-21)23(28)16-9-15(4-5-19(16)27)34-14(2)22-17(25)10-30-11-18(22)26;1-6-4-2-3-5-6/h3-7,9-11,14,20,28,31H,1,8,12-13,27,29H2,2H3;2-5H2,1H3/t14-,20?;/m1./s1. The average Bonchev–Trinajstić information content (AvgIpc) is 3.39. The Morgan fingerprint density at radius 1 is 1.27 bits per heavy atom. The molecule has 2 fully saturated rings. The molecule has 3 aliphatic heterocycles. The molecular weight excluding hydrogens is 547 g/mol. The summed E-state index contributed by atoms with van der Waals surface area (Å²) in [6.45, 7) is 9.67. The summed E-state index contributed by atoms with van der Waals surface area (Å²) in [5, 5.41) is 14.0. The number of nitrogens with two attached hydrogens (primary N) is 2. The quantitative estimate of drug-likeness (QED) is 0.212. The summed E-state index contributed by atoms with van der Waals surface area (Å²) in [6, 6.07) is 4.76. The van der Waals surface area contributed by atoms with E-state index in [1.54, 1.807) is 18.2 Å². The van der Waals surface area contributed by atoms with Crippen molar-refractivity contribution in [1.82, 2.24) is 20.2 Å². The lowest BCUT2D eigenvalue weighted by molar-refractivity contribution is 0.148. The number of nitrogens with zero attached hydrogens (tertiary/aromatic N) is 4. The van der Waals surface area contributed by atoms with Crippen LogP contribution in [0.3, 0.4) is 0 Å². The molecule has 1 aromatic heterocycles. The minimum Gasteiger partial charge on any atom is -0.486 e. The first-order valence-corrected chi connectivity index (χ1v) is 14.1. The molecule has 0 spiro atoms. The van der Waals surface area contributed by atoms with Crippen molar-refractivity contribution in [3.8, 4) is 5.75 Å². The van der Waals surface area contributed by atoms with Gasteiger partial charge in [0.1, 0.15) is 23.7 Å². The van der Waals surface area contributed by atoms with Crippen molar-refractivity contribution in [2.24, 2.45) is 10.8 Å². The van der Waals surface area contributed by atoms with Crippen LogP contribution in [-0.2, 0) is 0 Å². The predicted molar refractivity (Wildman–Crippen MR) is 165 cm³/mol. The number of likely N-dealkylation sites (tertiary alicyclic amines) is 2. The van der Waals surface area contributed by atoms with E-state index in [1.807, 2.05) is 25.2 Å². The number of nitrogens with one attached hydrogen (secondary N) is 2. The SMILES string of the molecule is C=CCC1(N)CN(C2=NNC(C(=N)c3cc(O[C@H](C)c4c(Cl)cncc4Cl)ccc3N)C=C2)C1.CN1CCCC1. The Labute approximate surface area is 246 Å². The van der Waals surface area contributed by atoms with E-state index in [2.05, 4.69) is 38.9 Å². The average molecular weight is 586 g/mol. The first kappa shape index (κ1) is 29.9. The van der Waals surface area contributed by atoms with Crippen LogP contribution in [-0.4, -0.2) is 71.1 Å². The van der Waals surface area contributed by atoms with Gasteiger partial charge in [-0.05, 0) is 70.6 Å². The van der Waals surface area contributed by atoms with Crippen molar-refractivity contribution in [2.45, 2.75) is 43.9 Å². The van der Waals surface area contributed by atoms with Crippen LogP contribution >= 0.6 is 23.2 Å². The number of pyridine rings is 1. The van der Waals surface area contributed by atoms with Gasteiger partial charge in [0.25, 0.3) is 0 Å². The van der Waals surface area contributed by atoms with Gasteiger partial charge in [0, 0.05) is 42.3 Å². The van der Waals surface area contributed by atoms with E-state index in [4.69, 9.17) is 44.8 Å². The minimum absolute atomic E-state index is 0.252. The number of benzene rings is 1. The molecule has 0 radical (unpaired) electrons. The fourth-order valence-corrected chi connectivity index (χ4v) is 5.66. The summed E-state index contributed by atoms with van der Waals surface area (Å²) in [7, 11) is 2.17. The van der Waals surface area contributed by atoms with Gasteiger partial charge < -0.3 is 31.4 Å². The van der Waals surface area contributed by atoms with Crippen molar-refractivity contribution in [3.63, 3.8) is 0 Å². The van der Waals surface area contributed by atoms with Crippen LogP contribution in [0.2, 0.25) is 10.0 Å². The molecule has 3 aliphatic rings. The highest BCUT2D eigenvalue weighted by Crippen LogP contribution is 2.33. The number of aromatic nitrogens is 1. The van der Waals surface area contributed by atoms with Crippen LogP contribution in [0.4, 0.5) is 5.69 Å². The molecule has 214 valence electrons. The van der Waals surface area contributed by atoms with E-state index in [9.17, 15) is 0 Å². The van der Waals surface area contributed by atoms with Gasteiger partial charge in [-0.15, -0.1) is 6.58 Å². The Balaban J connectivity index is 0.000000546. The Kier molecular flexibility index (Phi) is 9.73. The van der Waals surface area contributed by atoms with Gasteiger partial charge in [0.15, 0.2) is 0 Å². The molecule has 0 aliphatic carbocycles. The van der Waals surface area contributed by atoms with E-state index in [1.165, 1.54) is 38.3 Å². The third-order valence-corrected chi connectivity index (χ3v) is 7.81. The lowest BCUT2D eigenvalue weighted by Gasteiger charge is -2.48. The van der Waals surface area contributed by atoms with Crippen molar-refractivity contribution in [3.05, 3.63) is 76.6 Å². The number of ether oxygens (including phenoxy) is 1. The topological polar surface area (TPSA) is 129 Å². The summed E-state index contributed by atoms with van der Waals surface area (Å²) in [4.78, 5) is 8.42. The second-order valence-corrected chi connectivity index (χ2v) is 11.4. The molecule has 9 nitrogen and oxygen atoms in total. The van der Waals surface area contributed by atoms with E-state index in [0.29, 0.717) is 45.7 Å². The number of amidine groups is 1. The zero-order valence-corrected chi connectivity index (χ0v) is 24.5. The zero-order chi connectivity index (χ0) is 28.9. The molecule has 4 heterocycles. The molecule has 11 heteroatoms. The van der Waals surface area contributed by atoms with Crippen molar-refractivity contribution >= 4 is 40.4 Å². The van der Waals surface area contributed by atoms with E-state index >= 15 is 0 Å². The van der Waals surface area contributed by atoms with Gasteiger partial charge in [0.2, 0.25) is 0 Å². The number of anilines is 1. The summed E-state index contributed by atoms with van der Waals surface area (Å²) in [5.74, 6) is 1.33. The lowest BCUT2D eigenvalue weighted by Crippen LogP contribution is -2.68. The first-order valence-electron chi connectivity index (χ1n) is 13.4. The summed E-state index contributed by atoms with van der Waals surface area (Å²) >= 11 is 12.5. The molecule has 2 saturated heterocycles. The summed E-state index contributed by atoms with van der Waals surface area (Å²) in [5.41, 5.74) is 17.2. The maximum absolute atomic E-state index is 8.71. The second kappa shape index (κ2) is 13.0. The fraction of sp³-hybridized carbons (Fsp3) is 0.414. The van der Waals surface area contributed by atoms with Crippen LogP contribution in [0.25, 0.3) is 0 Å². The van der Waals surface area contributed by atoms with E-state index < -0.39 is 12.1 Å². The van der Waals surface area contributed by atoms with Gasteiger partial charge in [-0.2, -0.15) is 5.10 Å². The monoisotopic (exact) mass is 584 g/mol. The molecule has 0 bridgehead atoms. The van der Waals surface area contributed by atoms with Gasteiger partial charge in [0.05, 0.1) is 21.3 Å². The molecule has 1 aromatic carbocycles.